The summed E-state index contributed by atoms with van der Waals surface area (Å²) < 4.78 is 23.7. The van der Waals surface area contributed by atoms with Crippen molar-refractivity contribution in [1.82, 2.24) is 14.6 Å². The number of nitrogens with zero attached hydrogens (tertiary/aromatic N) is 4. The number of esters is 2. The summed E-state index contributed by atoms with van der Waals surface area (Å²) in [5.41, 5.74) is 3.09. The lowest BCUT2D eigenvalue weighted by molar-refractivity contribution is -0.162. The fraction of sp³-hybridized carbons (Fsp3) is 0.643. The van der Waals surface area contributed by atoms with E-state index in [0.717, 1.165) is 25.6 Å². The first-order valence-corrected chi connectivity index (χ1v) is 13.9. The van der Waals surface area contributed by atoms with Crippen LogP contribution in [0.4, 0.5) is 5.82 Å². The third-order valence-electron chi connectivity index (χ3n) is 8.05. The first kappa shape index (κ1) is 31.3. The van der Waals surface area contributed by atoms with Crippen molar-refractivity contribution >= 4 is 29.2 Å². The van der Waals surface area contributed by atoms with E-state index in [9.17, 15) is 24.8 Å². The molecule has 2 aromatic rings. The second kappa shape index (κ2) is 12.3. The Hall–Kier alpha value is -3.64. The molecule has 2 fully saturated rings. The van der Waals surface area contributed by atoms with Gasteiger partial charge in [-0.1, -0.05) is 20.3 Å². The molecule has 3 heterocycles. The number of ether oxygens (including phenoxy) is 4. The first-order valence-electron chi connectivity index (χ1n) is 13.9. The number of amides is 1. The molecule has 0 radical (unpaired) electrons. The van der Waals surface area contributed by atoms with Gasteiger partial charge in [-0.05, 0) is 50.7 Å². The Morgan fingerprint density at radius 1 is 1.33 bits per heavy atom. The fourth-order valence-electron chi connectivity index (χ4n) is 4.75. The maximum absolute atomic E-state index is 12.8. The molecule has 2 aliphatic rings. The normalized spacial score (nSPS) is 25.1. The van der Waals surface area contributed by atoms with Crippen LogP contribution < -0.4 is 11.1 Å². The quantitative estimate of drug-likeness (QED) is 0.318. The molecule has 0 unspecified atom stereocenters. The number of hydrogen-bond donors (Lipinski definition) is 3. The monoisotopic (exact) mass is 586 g/mol. The van der Waals surface area contributed by atoms with E-state index in [4.69, 9.17) is 24.7 Å². The van der Waals surface area contributed by atoms with Crippen LogP contribution in [0.25, 0.3) is 5.52 Å². The number of methoxy groups -OCH3 is 1. The fourth-order valence-corrected chi connectivity index (χ4v) is 4.75. The Labute approximate surface area is 243 Å². The smallest absolute Gasteiger partial charge is 0.323 e. The molecule has 1 aliphatic carbocycles. The zero-order valence-corrected chi connectivity index (χ0v) is 24.4. The molecule has 5 atom stereocenters. The Kier molecular flexibility index (Phi) is 9.17. The molecule has 2 aromatic heterocycles. The summed E-state index contributed by atoms with van der Waals surface area (Å²) >= 11 is 0. The average molecular weight is 587 g/mol. The van der Waals surface area contributed by atoms with Gasteiger partial charge in [-0.3, -0.25) is 14.4 Å². The molecule has 42 heavy (non-hydrogen) atoms. The number of aliphatic hydroxyl groups excluding tert-OH is 1. The lowest BCUT2D eigenvalue weighted by Crippen LogP contribution is -2.46. The molecule has 14 heteroatoms. The van der Waals surface area contributed by atoms with Gasteiger partial charge in [-0.15, -0.1) is 0 Å². The Balaban J connectivity index is 1.66. The van der Waals surface area contributed by atoms with Gasteiger partial charge in [-0.25, -0.2) is 9.50 Å². The molecule has 1 saturated carbocycles. The lowest BCUT2D eigenvalue weighted by Gasteiger charge is -2.26. The Bertz CT molecular complexity index is 1370. The maximum Gasteiger partial charge on any atom is 0.323 e. The number of nitriles is 1. The Morgan fingerprint density at radius 2 is 2.05 bits per heavy atom. The van der Waals surface area contributed by atoms with Crippen molar-refractivity contribution in [3.63, 3.8) is 0 Å². The van der Waals surface area contributed by atoms with Crippen molar-refractivity contribution in [2.24, 2.45) is 17.6 Å². The molecular weight excluding hydrogens is 548 g/mol. The van der Waals surface area contributed by atoms with Gasteiger partial charge in [0.2, 0.25) is 5.60 Å². The second-order valence-electron chi connectivity index (χ2n) is 11.6. The van der Waals surface area contributed by atoms with Crippen LogP contribution in [-0.2, 0) is 38.9 Å². The third kappa shape index (κ3) is 5.96. The first-order chi connectivity index (χ1) is 19.8. The van der Waals surface area contributed by atoms with E-state index >= 15 is 0 Å². The van der Waals surface area contributed by atoms with Gasteiger partial charge in [0, 0.05) is 13.5 Å². The topological polar surface area (TPSA) is 200 Å². The molecule has 0 bridgehead atoms. The predicted octanol–water partition coefficient (Wildman–Crippen LogP) is 1.20. The van der Waals surface area contributed by atoms with E-state index in [1.807, 2.05) is 6.07 Å². The number of aliphatic hydroxyl groups is 1. The van der Waals surface area contributed by atoms with Crippen molar-refractivity contribution in [2.75, 3.05) is 19.0 Å². The van der Waals surface area contributed by atoms with E-state index in [2.05, 4.69) is 15.4 Å². The summed E-state index contributed by atoms with van der Waals surface area (Å²) in [4.78, 5) is 42.2. The van der Waals surface area contributed by atoms with Crippen LogP contribution in [0.3, 0.4) is 0 Å². The van der Waals surface area contributed by atoms with Crippen LogP contribution in [0.1, 0.15) is 59.1 Å². The van der Waals surface area contributed by atoms with Gasteiger partial charge in [0.05, 0.1) is 5.69 Å². The summed E-state index contributed by atoms with van der Waals surface area (Å²) in [5, 5.41) is 28.9. The molecule has 1 saturated heterocycles. The van der Waals surface area contributed by atoms with E-state index in [1.54, 1.807) is 33.8 Å². The van der Waals surface area contributed by atoms with Crippen molar-refractivity contribution in [1.29, 1.82) is 5.26 Å². The number of hydrogen-bond acceptors (Lipinski definition) is 12. The standard InChI is InChI=1S/C28H38N6O8/c1-15(2)21(30)25(37)41-22-18(12-40-20(35)11-16-7-6-8-16)42-28(13-29,23(22)36)19-10-9-17-24(31-14-32-34(17)19)33-26(38)27(3,4)39-5/h9-10,14-16,18,21-23,36H,6-8,11-12,30H2,1-5H3,(H,31,32,33,38)/t18-,21-,22-,23-,28+/m1/s1. The molecule has 1 amide bonds. The molecule has 14 nitrogen and oxygen atoms in total. The van der Waals surface area contributed by atoms with Crippen LogP contribution in [-0.4, -0.2) is 81.2 Å². The molecular formula is C28H38N6O8. The minimum atomic E-state index is -2.11. The number of nitrogens with one attached hydrogen (secondary N) is 1. The van der Waals surface area contributed by atoms with Gasteiger partial charge in [0.15, 0.2) is 11.9 Å². The zero-order chi connectivity index (χ0) is 30.8. The van der Waals surface area contributed by atoms with Crippen LogP contribution in [0.15, 0.2) is 18.5 Å². The van der Waals surface area contributed by atoms with Gasteiger partial charge in [0.25, 0.3) is 5.91 Å². The van der Waals surface area contributed by atoms with Gasteiger partial charge >= 0.3 is 11.9 Å². The number of anilines is 1. The average Bonchev–Trinajstić information content (AvgIpc) is 3.49. The minimum absolute atomic E-state index is 0.0777. The van der Waals surface area contributed by atoms with E-state index in [1.165, 1.54) is 17.7 Å². The largest absolute Gasteiger partial charge is 0.463 e. The van der Waals surface area contributed by atoms with Gasteiger partial charge in [0.1, 0.15) is 48.4 Å². The summed E-state index contributed by atoms with van der Waals surface area (Å²) in [6, 6.07) is 4.04. The van der Waals surface area contributed by atoms with Gasteiger partial charge in [-0.2, -0.15) is 10.4 Å². The lowest BCUT2D eigenvalue weighted by atomic mass is 9.83. The van der Waals surface area contributed by atoms with Crippen LogP contribution in [0.2, 0.25) is 0 Å². The number of carbonyl (C=O) groups is 3. The highest BCUT2D eigenvalue weighted by atomic mass is 16.6. The number of nitrogens with two attached hydrogens (primary N) is 1. The van der Waals surface area contributed by atoms with E-state index in [-0.39, 0.29) is 36.4 Å². The highest BCUT2D eigenvalue weighted by Gasteiger charge is 2.60. The molecule has 0 spiro atoms. The number of fused-ring (bicyclic) bond motifs is 1. The SMILES string of the molecule is COC(C)(C)C(=O)Nc1ncnn2c([C@]3(C#N)O[C@H](COC(=O)CC4CCC4)[C@@H](OC(=O)[C@H](N)C(C)C)[C@H]3O)ccc12. The van der Waals surface area contributed by atoms with E-state index < -0.39 is 53.4 Å². The molecule has 1 aliphatic heterocycles. The predicted molar refractivity (Wildman–Crippen MR) is 146 cm³/mol. The molecule has 0 aromatic carbocycles. The highest BCUT2D eigenvalue weighted by molar-refractivity contribution is 5.98. The highest BCUT2D eigenvalue weighted by Crippen LogP contribution is 2.42. The Morgan fingerprint density at radius 3 is 2.64 bits per heavy atom. The second-order valence-corrected chi connectivity index (χ2v) is 11.6. The number of rotatable bonds is 11. The third-order valence-corrected chi connectivity index (χ3v) is 8.05. The van der Waals surface area contributed by atoms with Crippen LogP contribution >= 0.6 is 0 Å². The molecule has 4 rings (SSSR count). The van der Waals surface area contributed by atoms with Gasteiger partial charge < -0.3 is 35.1 Å². The molecule has 228 valence electrons. The minimum Gasteiger partial charge on any atom is -0.463 e. The van der Waals surface area contributed by atoms with Crippen LogP contribution in [0.5, 0.6) is 0 Å². The maximum atomic E-state index is 12.8. The summed E-state index contributed by atoms with van der Waals surface area (Å²) in [6.07, 6.45) is 0.0709. The van der Waals surface area contributed by atoms with Crippen molar-refractivity contribution in [3.05, 3.63) is 24.2 Å². The summed E-state index contributed by atoms with van der Waals surface area (Å²) in [7, 11) is 1.40. The summed E-state index contributed by atoms with van der Waals surface area (Å²) in [6.45, 7) is 6.28. The van der Waals surface area contributed by atoms with Crippen molar-refractivity contribution in [2.45, 2.75) is 88.9 Å². The van der Waals surface area contributed by atoms with Crippen molar-refractivity contribution < 1.29 is 38.4 Å². The number of carbonyl (C=O) groups excluding carboxylic acids is 3. The molecule has 4 N–H and O–H groups in total. The zero-order valence-electron chi connectivity index (χ0n) is 24.4. The van der Waals surface area contributed by atoms with E-state index in [0.29, 0.717) is 5.52 Å². The summed E-state index contributed by atoms with van der Waals surface area (Å²) in [5.74, 6) is -1.60. The van der Waals surface area contributed by atoms with Crippen LogP contribution in [0, 0.1) is 23.2 Å². The van der Waals surface area contributed by atoms with Crippen molar-refractivity contribution in [3.8, 4) is 6.07 Å². The number of aromatic nitrogens is 3.